The molecule has 6 heteroatoms. The first-order chi connectivity index (χ1) is 15.6. The van der Waals surface area contributed by atoms with Gasteiger partial charge in [0.2, 0.25) is 5.88 Å². The summed E-state index contributed by atoms with van der Waals surface area (Å²) in [7, 11) is 1.65. The molecule has 1 aliphatic rings. The van der Waals surface area contributed by atoms with Crippen LogP contribution in [0.3, 0.4) is 0 Å². The summed E-state index contributed by atoms with van der Waals surface area (Å²) in [5.41, 5.74) is 6.59. The van der Waals surface area contributed by atoms with Gasteiger partial charge in [-0.05, 0) is 30.7 Å². The van der Waals surface area contributed by atoms with E-state index in [9.17, 15) is 5.11 Å². The molecule has 0 radical (unpaired) electrons. The zero-order chi connectivity index (χ0) is 22.1. The molecule has 158 valence electrons. The lowest BCUT2D eigenvalue weighted by Crippen LogP contribution is -1.99. The van der Waals surface area contributed by atoms with Crippen molar-refractivity contribution < 1.29 is 9.84 Å². The molecule has 0 fully saturated rings. The second-order valence-corrected chi connectivity index (χ2v) is 8.42. The molecule has 0 unspecified atom stereocenters. The second kappa shape index (κ2) is 8.32. The van der Waals surface area contributed by atoms with E-state index in [4.69, 9.17) is 9.73 Å². The predicted molar refractivity (Wildman–Crippen MR) is 132 cm³/mol. The average Bonchev–Trinajstić information content (AvgIpc) is 3.36. The number of benzene rings is 3. The summed E-state index contributed by atoms with van der Waals surface area (Å²) in [6.07, 6.45) is 1.95. The Labute approximate surface area is 190 Å². The minimum absolute atomic E-state index is 0.0117. The third-order valence-corrected chi connectivity index (χ3v) is 6.24. The van der Waals surface area contributed by atoms with E-state index >= 15 is 0 Å². The fraction of sp³-hybridized carbons (Fsp3) is 0.0769. The zero-order valence-electron chi connectivity index (χ0n) is 17.7. The summed E-state index contributed by atoms with van der Waals surface area (Å²) in [6.45, 7) is 2.03. The summed E-state index contributed by atoms with van der Waals surface area (Å²) in [5, 5.41) is 14.5. The fourth-order valence-corrected chi connectivity index (χ4v) is 4.53. The third-order valence-electron chi connectivity index (χ3n) is 5.33. The number of para-hydroxylation sites is 2. The third kappa shape index (κ3) is 3.65. The molecule has 1 aromatic heterocycles. The average molecular weight is 440 g/mol. The van der Waals surface area contributed by atoms with Crippen molar-refractivity contribution >= 4 is 45.2 Å². The first-order valence-corrected chi connectivity index (χ1v) is 11.0. The normalized spacial score (nSPS) is 13.7. The number of nitrogens with zero attached hydrogens (tertiary/aromatic N) is 2. The van der Waals surface area contributed by atoms with E-state index in [2.05, 4.69) is 10.3 Å². The number of hydrogen-bond donors (Lipinski definition) is 2. The van der Waals surface area contributed by atoms with Gasteiger partial charge in [0, 0.05) is 22.4 Å². The molecule has 1 aliphatic heterocycles. The van der Waals surface area contributed by atoms with Gasteiger partial charge in [-0.25, -0.2) is 4.99 Å². The van der Waals surface area contributed by atoms with Crippen LogP contribution in [0.4, 0.5) is 16.5 Å². The SMILES string of the molecule is COc1cccc2c1N=C(c1ccccc1)C2=Cc1sc(Nc2ccccc2C)nc1O. The number of aliphatic imine (C=N–C) groups is 1. The number of nitrogens with one attached hydrogen (secondary N) is 1. The number of hydrogen-bond acceptors (Lipinski definition) is 6. The van der Waals surface area contributed by atoms with Gasteiger partial charge in [-0.1, -0.05) is 72.0 Å². The van der Waals surface area contributed by atoms with Crippen molar-refractivity contribution in [1.29, 1.82) is 0 Å². The van der Waals surface area contributed by atoms with Crippen molar-refractivity contribution in [3.63, 3.8) is 0 Å². The highest BCUT2D eigenvalue weighted by atomic mass is 32.1. The number of aromatic hydroxyl groups is 1. The van der Waals surface area contributed by atoms with Crippen molar-refractivity contribution in [2.45, 2.75) is 6.92 Å². The standard InChI is InChI=1S/C26H21N3O2S/c1-16-9-6-7-13-20(16)27-26-29-25(30)22(32-26)15-19-18-12-8-14-21(31-2)24(18)28-23(19)17-10-4-3-5-11-17/h3-15,30H,1-2H3,(H,27,29). The lowest BCUT2D eigenvalue weighted by molar-refractivity contribution is 0.416. The van der Waals surface area contributed by atoms with Gasteiger partial charge in [0.1, 0.15) is 11.4 Å². The Kier molecular flexibility index (Phi) is 5.21. The molecule has 4 aromatic rings. The molecule has 0 amide bonds. The minimum atomic E-state index is -0.0117. The van der Waals surface area contributed by atoms with Crippen LogP contribution in [0.25, 0.3) is 11.6 Å². The van der Waals surface area contributed by atoms with Gasteiger partial charge in [0.25, 0.3) is 0 Å². The monoisotopic (exact) mass is 439 g/mol. The topological polar surface area (TPSA) is 66.7 Å². The minimum Gasteiger partial charge on any atom is -0.494 e. The Bertz CT molecular complexity index is 1360. The van der Waals surface area contributed by atoms with Crippen molar-refractivity contribution in [3.8, 4) is 11.6 Å². The Morgan fingerprint density at radius 1 is 0.969 bits per heavy atom. The van der Waals surface area contributed by atoms with Crippen LogP contribution in [0, 0.1) is 6.92 Å². The van der Waals surface area contributed by atoms with E-state index in [-0.39, 0.29) is 5.88 Å². The highest BCUT2D eigenvalue weighted by Crippen LogP contribution is 2.45. The maximum atomic E-state index is 10.6. The van der Waals surface area contributed by atoms with Crippen LogP contribution in [0.15, 0.2) is 77.8 Å². The summed E-state index contributed by atoms with van der Waals surface area (Å²) >= 11 is 1.40. The Balaban J connectivity index is 1.59. The van der Waals surface area contributed by atoms with Crippen LogP contribution in [-0.4, -0.2) is 22.9 Å². The first kappa shape index (κ1) is 20.0. The van der Waals surface area contributed by atoms with E-state index in [0.29, 0.717) is 10.0 Å². The van der Waals surface area contributed by atoms with Crippen molar-refractivity contribution in [1.82, 2.24) is 4.98 Å². The molecule has 5 nitrogen and oxygen atoms in total. The van der Waals surface area contributed by atoms with Crippen molar-refractivity contribution in [3.05, 3.63) is 94.4 Å². The summed E-state index contributed by atoms with van der Waals surface area (Å²) in [5.74, 6) is 0.706. The highest BCUT2D eigenvalue weighted by molar-refractivity contribution is 7.16. The molecule has 32 heavy (non-hydrogen) atoms. The maximum Gasteiger partial charge on any atom is 0.231 e. The molecule has 0 saturated heterocycles. The van der Waals surface area contributed by atoms with Crippen molar-refractivity contribution in [2.24, 2.45) is 4.99 Å². The smallest absolute Gasteiger partial charge is 0.231 e. The number of aryl methyl sites for hydroxylation is 1. The van der Waals surface area contributed by atoms with Crippen LogP contribution < -0.4 is 10.1 Å². The molecule has 0 atom stereocenters. The Hall–Kier alpha value is -3.90. The first-order valence-electron chi connectivity index (χ1n) is 10.2. The van der Waals surface area contributed by atoms with Gasteiger partial charge in [-0.3, -0.25) is 0 Å². The van der Waals surface area contributed by atoms with Gasteiger partial charge < -0.3 is 15.2 Å². The molecule has 0 spiro atoms. The van der Waals surface area contributed by atoms with Crippen LogP contribution >= 0.6 is 11.3 Å². The molecule has 5 rings (SSSR count). The van der Waals surface area contributed by atoms with Gasteiger partial charge in [-0.15, -0.1) is 0 Å². The maximum absolute atomic E-state index is 10.6. The van der Waals surface area contributed by atoms with Gasteiger partial charge in [0.15, 0.2) is 5.13 Å². The van der Waals surface area contributed by atoms with Gasteiger partial charge in [-0.2, -0.15) is 4.98 Å². The van der Waals surface area contributed by atoms with Gasteiger partial charge in [0.05, 0.1) is 17.7 Å². The Morgan fingerprint density at radius 3 is 2.53 bits per heavy atom. The number of thiazole rings is 1. The molecular weight excluding hydrogens is 418 g/mol. The number of aromatic nitrogens is 1. The second-order valence-electron chi connectivity index (χ2n) is 7.39. The van der Waals surface area contributed by atoms with E-state index < -0.39 is 0 Å². The molecule has 0 bridgehead atoms. The van der Waals surface area contributed by atoms with Crippen molar-refractivity contribution in [2.75, 3.05) is 12.4 Å². The lowest BCUT2D eigenvalue weighted by atomic mass is 9.97. The number of anilines is 2. The fourth-order valence-electron chi connectivity index (χ4n) is 3.71. The van der Waals surface area contributed by atoms with E-state index in [1.54, 1.807) is 7.11 Å². The molecule has 0 saturated carbocycles. The summed E-state index contributed by atoms with van der Waals surface area (Å²) in [6, 6.07) is 23.9. The number of fused-ring (bicyclic) bond motifs is 1. The largest absolute Gasteiger partial charge is 0.494 e. The zero-order valence-corrected chi connectivity index (χ0v) is 18.5. The Morgan fingerprint density at radius 2 is 1.75 bits per heavy atom. The number of ether oxygens (including phenoxy) is 1. The lowest BCUT2D eigenvalue weighted by Gasteiger charge is -2.06. The quantitative estimate of drug-likeness (QED) is 0.368. The van der Waals surface area contributed by atoms with Crippen LogP contribution in [0.1, 0.15) is 21.6 Å². The summed E-state index contributed by atoms with van der Waals surface area (Å²) < 4.78 is 5.54. The van der Waals surface area contributed by atoms with Crippen LogP contribution in [0.5, 0.6) is 11.6 Å². The van der Waals surface area contributed by atoms with E-state index in [1.165, 1.54) is 11.3 Å². The molecule has 3 aromatic carbocycles. The van der Waals surface area contributed by atoms with Crippen LogP contribution in [-0.2, 0) is 0 Å². The molecular formula is C26H21N3O2S. The predicted octanol–water partition coefficient (Wildman–Crippen LogP) is 6.58. The molecule has 2 heterocycles. The number of methoxy groups -OCH3 is 1. The number of allylic oxidation sites excluding steroid dienone is 1. The molecule has 0 aliphatic carbocycles. The number of rotatable bonds is 5. The van der Waals surface area contributed by atoms with Gasteiger partial charge >= 0.3 is 0 Å². The van der Waals surface area contributed by atoms with E-state index in [0.717, 1.165) is 45.1 Å². The highest BCUT2D eigenvalue weighted by Gasteiger charge is 2.25. The summed E-state index contributed by atoms with van der Waals surface area (Å²) in [4.78, 5) is 9.89. The van der Waals surface area contributed by atoms with E-state index in [1.807, 2.05) is 85.8 Å². The van der Waals surface area contributed by atoms with Crippen LogP contribution in [0.2, 0.25) is 0 Å². The molecule has 2 N–H and O–H groups in total.